The van der Waals surface area contributed by atoms with Gasteiger partial charge in [-0.05, 0) is 47.8 Å². The standard InChI is InChI=1S/C27H56.C2H6/c1-10-12-18-24(5)25(6)26(19-13-11-2)20-22(3)16-14-15-17-23(4)21-27(7,8)9;1-2/h22-26H,10-21H2,1-9H3;1-2H3. The van der Waals surface area contributed by atoms with E-state index in [9.17, 15) is 0 Å². The van der Waals surface area contributed by atoms with Crippen LogP contribution in [0.3, 0.4) is 0 Å². The predicted molar refractivity (Wildman–Crippen MR) is 138 cm³/mol. The van der Waals surface area contributed by atoms with E-state index in [-0.39, 0.29) is 0 Å². The minimum atomic E-state index is 0.490. The van der Waals surface area contributed by atoms with E-state index in [1.165, 1.54) is 77.0 Å². The highest BCUT2D eigenvalue weighted by atomic mass is 14.3. The van der Waals surface area contributed by atoms with Crippen molar-refractivity contribution in [1.29, 1.82) is 0 Å². The lowest BCUT2D eigenvalue weighted by Crippen LogP contribution is -2.21. The SMILES string of the molecule is CC.CCCCC(C)C(C)C(CCCC)CC(C)CCCCC(C)CC(C)(C)C. The monoisotopic (exact) mass is 410 g/mol. The summed E-state index contributed by atoms with van der Waals surface area (Å²) in [7, 11) is 0. The lowest BCUT2D eigenvalue weighted by atomic mass is 9.74. The molecule has 0 heteroatoms. The van der Waals surface area contributed by atoms with E-state index in [1.54, 1.807) is 0 Å². The summed E-state index contributed by atoms with van der Waals surface area (Å²) >= 11 is 0. The molecule has 5 atom stereocenters. The molecule has 0 spiro atoms. The molecule has 0 heterocycles. The number of rotatable bonds is 16. The quantitative estimate of drug-likeness (QED) is 0.222. The van der Waals surface area contributed by atoms with Crippen molar-refractivity contribution in [3.05, 3.63) is 0 Å². The summed E-state index contributed by atoms with van der Waals surface area (Å²) in [5.41, 5.74) is 0.490. The normalized spacial score (nSPS) is 17.1. The Hall–Kier alpha value is 0. The molecule has 0 aromatic heterocycles. The van der Waals surface area contributed by atoms with Crippen LogP contribution in [0.4, 0.5) is 0 Å². The number of unbranched alkanes of at least 4 members (excludes halogenated alkanes) is 3. The molecule has 0 nitrogen and oxygen atoms in total. The second kappa shape index (κ2) is 18.7. The molecule has 178 valence electrons. The summed E-state index contributed by atoms with van der Waals surface area (Å²) in [6, 6.07) is 0. The third-order valence-corrected chi connectivity index (χ3v) is 6.89. The van der Waals surface area contributed by atoms with Crippen LogP contribution in [0.1, 0.15) is 153 Å². The molecule has 0 bridgehead atoms. The van der Waals surface area contributed by atoms with Crippen molar-refractivity contribution in [2.24, 2.45) is 35.0 Å². The molecule has 0 fully saturated rings. The first-order valence-corrected chi connectivity index (χ1v) is 13.6. The van der Waals surface area contributed by atoms with Crippen LogP contribution in [0.25, 0.3) is 0 Å². The zero-order valence-corrected chi connectivity index (χ0v) is 22.9. The molecule has 0 aliphatic carbocycles. The van der Waals surface area contributed by atoms with Gasteiger partial charge in [-0.25, -0.2) is 0 Å². The fourth-order valence-electron chi connectivity index (χ4n) is 5.08. The Bertz CT molecular complexity index is 323. The Morgan fingerprint density at radius 1 is 0.621 bits per heavy atom. The van der Waals surface area contributed by atoms with Gasteiger partial charge in [0.25, 0.3) is 0 Å². The fourth-order valence-corrected chi connectivity index (χ4v) is 5.08. The van der Waals surface area contributed by atoms with E-state index in [0.29, 0.717) is 5.41 Å². The lowest BCUT2D eigenvalue weighted by molar-refractivity contribution is 0.193. The van der Waals surface area contributed by atoms with Gasteiger partial charge in [0, 0.05) is 0 Å². The highest BCUT2D eigenvalue weighted by Crippen LogP contribution is 2.34. The first-order valence-electron chi connectivity index (χ1n) is 13.6. The average Bonchev–Trinajstić information content (AvgIpc) is 2.66. The molecule has 0 rings (SSSR count). The minimum absolute atomic E-state index is 0.490. The van der Waals surface area contributed by atoms with Crippen molar-refractivity contribution in [3.63, 3.8) is 0 Å². The highest BCUT2D eigenvalue weighted by Gasteiger charge is 2.24. The van der Waals surface area contributed by atoms with Gasteiger partial charge >= 0.3 is 0 Å². The van der Waals surface area contributed by atoms with Crippen molar-refractivity contribution in [2.45, 2.75) is 153 Å². The maximum Gasteiger partial charge on any atom is -0.0380 e. The van der Waals surface area contributed by atoms with Crippen LogP contribution in [-0.2, 0) is 0 Å². The average molecular weight is 411 g/mol. The minimum Gasteiger partial charge on any atom is -0.0683 e. The zero-order chi connectivity index (χ0) is 22.9. The van der Waals surface area contributed by atoms with Gasteiger partial charge in [0.1, 0.15) is 0 Å². The van der Waals surface area contributed by atoms with Gasteiger partial charge in [-0.3, -0.25) is 0 Å². The van der Waals surface area contributed by atoms with E-state index in [0.717, 1.165) is 29.6 Å². The van der Waals surface area contributed by atoms with Crippen molar-refractivity contribution in [1.82, 2.24) is 0 Å². The summed E-state index contributed by atoms with van der Waals surface area (Å²) < 4.78 is 0. The number of hydrogen-bond acceptors (Lipinski definition) is 0. The van der Waals surface area contributed by atoms with Crippen LogP contribution in [0.2, 0.25) is 0 Å². The topological polar surface area (TPSA) is 0 Å². The Balaban J connectivity index is 0. The molecule has 0 aliphatic heterocycles. The van der Waals surface area contributed by atoms with E-state index in [2.05, 4.69) is 62.3 Å². The maximum atomic E-state index is 2.56. The Morgan fingerprint density at radius 2 is 1.10 bits per heavy atom. The van der Waals surface area contributed by atoms with Gasteiger partial charge < -0.3 is 0 Å². The molecule has 0 aromatic carbocycles. The summed E-state index contributed by atoms with van der Waals surface area (Å²) in [5, 5.41) is 0. The molecule has 5 unspecified atom stereocenters. The first kappa shape index (κ1) is 31.2. The van der Waals surface area contributed by atoms with Crippen LogP contribution >= 0.6 is 0 Å². The van der Waals surface area contributed by atoms with Gasteiger partial charge in [-0.1, -0.05) is 140 Å². The zero-order valence-electron chi connectivity index (χ0n) is 22.9. The number of hydrogen-bond donors (Lipinski definition) is 0. The van der Waals surface area contributed by atoms with Gasteiger partial charge in [-0.2, -0.15) is 0 Å². The molecule has 29 heavy (non-hydrogen) atoms. The third kappa shape index (κ3) is 18.5. The van der Waals surface area contributed by atoms with E-state index < -0.39 is 0 Å². The second-order valence-corrected chi connectivity index (χ2v) is 11.4. The van der Waals surface area contributed by atoms with E-state index >= 15 is 0 Å². The molecule has 0 amide bonds. The van der Waals surface area contributed by atoms with E-state index in [4.69, 9.17) is 0 Å². The molecule has 0 radical (unpaired) electrons. The van der Waals surface area contributed by atoms with Crippen molar-refractivity contribution < 1.29 is 0 Å². The molecule has 0 aliphatic rings. The summed E-state index contributed by atoms with van der Waals surface area (Å²) in [4.78, 5) is 0. The molecule has 0 saturated carbocycles. The van der Waals surface area contributed by atoms with Crippen LogP contribution in [0.15, 0.2) is 0 Å². The maximum absolute atomic E-state index is 2.56. The van der Waals surface area contributed by atoms with Crippen LogP contribution in [0.5, 0.6) is 0 Å². The predicted octanol–water partition coefficient (Wildman–Crippen LogP) is 10.9. The van der Waals surface area contributed by atoms with Gasteiger partial charge in [0.15, 0.2) is 0 Å². The second-order valence-electron chi connectivity index (χ2n) is 11.4. The lowest BCUT2D eigenvalue weighted by Gasteiger charge is -2.31. The largest absolute Gasteiger partial charge is 0.0683 e. The summed E-state index contributed by atoms with van der Waals surface area (Å²) in [6.45, 7) is 25.9. The van der Waals surface area contributed by atoms with Crippen molar-refractivity contribution in [3.8, 4) is 0 Å². The van der Waals surface area contributed by atoms with Gasteiger partial charge in [0.05, 0.1) is 0 Å². The first-order chi connectivity index (χ1) is 13.6. The Labute approximate surface area is 188 Å². The van der Waals surface area contributed by atoms with Gasteiger partial charge in [0.2, 0.25) is 0 Å². The van der Waals surface area contributed by atoms with E-state index in [1.807, 2.05) is 13.8 Å². The van der Waals surface area contributed by atoms with Crippen molar-refractivity contribution in [2.75, 3.05) is 0 Å². The molecule has 0 saturated heterocycles. The fraction of sp³-hybridized carbons (Fsp3) is 1.00. The molecule has 0 N–H and O–H groups in total. The summed E-state index contributed by atoms with van der Waals surface area (Å²) in [5.74, 6) is 4.55. The summed E-state index contributed by atoms with van der Waals surface area (Å²) in [6.07, 6.45) is 17.0. The van der Waals surface area contributed by atoms with Crippen LogP contribution < -0.4 is 0 Å². The third-order valence-electron chi connectivity index (χ3n) is 6.89. The smallest absolute Gasteiger partial charge is 0.0380 e. The Morgan fingerprint density at radius 3 is 1.59 bits per heavy atom. The Kier molecular flexibility index (Phi) is 20.2. The molecular weight excluding hydrogens is 348 g/mol. The molecular formula is C29H62. The molecule has 0 aromatic rings. The van der Waals surface area contributed by atoms with Gasteiger partial charge in [-0.15, -0.1) is 0 Å². The van der Waals surface area contributed by atoms with Crippen molar-refractivity contribution >= 4 is 0 Å². The van der Waals surface area contributed by atoms with Crippen LogP contribution in [0, 0.1) is 35.0 Å². The van der Waals surface area contributed by atoms with Crippen LogP contribution in [-0.4, -0.2) is 0 Å². The highest BCUT2D eigenvalue weighted by molar-refractivity contribution is 4.74.